The van der Waals surface area contributed by atoms with Gasteiger partial charge < -0.3 is 14.6 Å². The molecule has 0 spiro atoms. The van der Waals surface area contributed by atoms with Crippen molar-refractivity contribution in [2.24, 2.45) is 0 Å². The van der Waals surface area contributed by atoms with Crippen LogP contribution in [0.5, 0.6) is 5.75 Å². The summed E-state index contributed by atoms with van der Waals surface area (Å²) in [5, 5.41) is 1.67. The molecular weight excluding hydrogens is 404 g/mol. The van der Waals surface area contributed by atoms with E-state index in [2.05, 4.69) is 21.0 Å². The monoisotopic (exact) mass is 426 g/mol. The number of benzene rings is 2. The number of ether oxygens (including phenoxy) is 1. The number of carbonyl (C=O) groups excluding carboxylic acids is 1. The van der Waals surface area contributed by atoms with Gasteiger partial charge in [-0.05, 0) is 38.1 Å². The van der Waals surface area contributed by atoms with Gasteiger partial charge >= 0.3 is 0 Å². The van der Waals surface area contributed by atoms with Crippen molar-refractivity contribution in [3.63, 3.8) is 0 Å². The van der Waals surface area contributed by atoms with Crippen molar-refractivity contribution in [1.29, 1.82) is 0 Å². The molecule has 1 atom stereocenters. The highest BCUT2D eigenvalue weighted by molar-refractivity contribution is 7.99. The van der Waals surface area contributed by atoms with E-state index < -0.39 is 0 Å². The molecule has 1 amide bonds. The van der Waals surface area contributed by atoms with E-state index in [-0.39, 0.29) is 11.9 Å². The number of thiazole rings is 1. The van der Waals surface area contributed by atoms with Gasteiger partial charge in [-0.3, -0.25) is 4.79 Å². The van der Waals surface area contributed by atoms with E-state index in [4.69, 9.17) is 4.74 Å². The van der Waals surface area contributed by atoms with Crippen LogP contribution in [0.3, 0.4) is 0 Å². The van der Waals surface area contributed by atoms with Gasteiger partial charge in [-0.1, -0.05) is 23.9 Å². The minimum atomic E-state index is -0.0788. The van der Waals surface area contributed by atoms with Crippen LogP contribution < -0.4 is 4.74 Å². The van der Waals surface area contributed by atoms with Crippen LogP contribution in [0.1, 0.15) is 24.9 Å². The minimum Gasteiger partial charge on any atom is -0.494 e. The largest absolute Gasteiger partial charge is 0.494 e. The van der Waals surface area contributed by atoms with Crippen LogP contribution in [0.4, 0.5) is 0 Å². The minimum absolute atomic E-state index is 0.0391. The molecule has 0 bridgehead atoms. The van der Waals surface area contributed by atoms with E-state index >= 15 is 0 Å². The molecule has 2 aromatic heterocycles. The SMILES string of the molecule is CCOc1ccc2nc(SCC(=O)N(C)C(C)c3nc4ccccc4s3)[nH]c2c1. The summed E-state index contributed by atoms with van der Waals surface area (Å²) in [7, 11) is 1.83. The van der Waals surface area contributed by atoms with Gasteiger partial charge in [0.2, 0.25) is 5.91 Å². The Morgan fingerprint density at radius 3 is 2.86 bits per heavy atom. The smallest absolute Gasteiger partial charge is 0.233 e. The Hall–Kier alpha value is -2.58. The molecule has 2 aromatic carbocycles. The zero-order chi connectivity index (χ0) is 20.4. The lowest BCUT2D eigenvalue weighted by atomic mass is 10.3. The molecule has 0 aliphatic rings. The molecule has 0 radical (unpaired) electrons. The van der Waals surface area contributed by atoms with Crippen LogP contribution in [0, 0.1) is 0 Å². The van der Waals surface area contributed by atoms with E-state index in [0.717, 1.165) is 37.2 Å². The fourth-order valence-corrected chi connectivity index (χ4v) is 4.84. The molecule has 1 unspecified atom stereocenters. The van der Waals surface area contributed by atoms with Crippen molar-refractivity contribution < 1.29 is 9.53 Å². The van der Waals surface area contributed by atoms with Gasteiger partial charge in [0.05, 0.1) is 39.7 Å². The fraction of sp³-hybridized carbons (Fsp3) is 0.286. The van der Waals surface area contributed by atoms with Gasteiger partial charge in [0.1, 0.15) is 10.8 Å². The summed E-state index contributed by atoms with van der Waals surface area (Å²) >= 11 is 3.04. The number of hydrogen-bond donors (Lipinski definition) is 1. The summed E-state index contributed by atoms with van der Waals surface area (Å²) < 4.78 is 6.66. The van der Waals surface area contributed by atoms with Gasteiger partial charge in [0, 0.05) is 13.1 Å². The van der Waals surface area contributed by atoms with Gasteiger partial charge in [-0.15, -0.1) is 11.3 Å². The van der Waals surface area contributed by atoms with Crippen molar-refractivity contribution in [2.75, 3.05) is 19.4 Å². The number of aromatic amines is 1. The van der Waals surface area contributed by atoms with Crippen LogP contribution in [0.15, 0.2) is 47.6 Å². The number of imidazole rings is 1. The van der Waals surface area contributed by atoms with Crippen molar-refractivity contribution in [2.45, 2.75) is 25.0 Å². The third kappa shape index (κ3) is 4.23. The lowest BCUT2D eigenvalue weighted by Crippen LogP contribution is -2.31. The first-order chi connectivity index (χ1) is 14.0. The summed E-state index contributed by atoms with van der Waals surface area (Å²) in [6.45, 7) is 4.58. The number of carbonyl (C=O) groups is 1. The first-order valence-corrected chi connectivity index (χ1v) is 11.2. The second-order valence-corrected chi connectivity index (χ2v) is 8.67. The second-order valence-electron chi connectivity index (χ2n) is 6.64. The average Bonchev–Trinajstić information content (AvgIpc) is 3.34. The van der Waals surface area contributed by atoms with Crippen molar-refractivity contribution in [1.82, 2.24) is 19.9 Å². The summed E-state index contributed by atoms with van der Waals surface area (Å²) in [5.41, 5.74) is 2.74. The van der Waals surface area contributed by atoms with Crippen LogP contribution >= 0.6 is 23.1 Å². The Balaban J connectivity index is 1.41. The third-order valence-corrected chi connectivity index (χ3v) is 6.78. The standard InChI is InChI=1S/C21H22N4O2S2/c1-4-27-14-9-10-15-17(11-14)24-21(23-15)28-12-19(26)25(3)13(2)20-22-16-7-5-6-8-18(16)29-20/h5-11,13H,4,12H2,1-3H3,(H,23,24). The summed E-state index contributed by atoms with van der Waals surface area (Å²) in [6, 6.07) is 13.7. The topological polar surface area (TPSA) is 71.1 Å². The number of nitrogens with one attached hydrogen (secondary N) is 1. The maximum Gasteiger partial charge on any atom is 0.233 e. The molecule has 0 saturated carbocycles. The molecule has 0 fully saturated rings. The predicted octanol–water partition coefficient (Wildman–Crippen LogP) is 4.88. The van der Waals surface area contributed by atoms with Crippen LogP contribution in [-0.4, -0.2) is 45.2 Å². The number of nitrogens with zero attached hydrogens (tertiary/aromatic N) is 3. The molecule has 1 N–H and O–H groups in total. The van der Waals surface area contributed by atoms with Gasteiger partial charge in [-0.25, -0.2) is 9.97 Å². The summed E-state index contributed by atoms with van der Waals surface area (Å²) in [5.74, 6) is 1.15. The molecule has 2 heterocycles. The molecule has 8 heteroatoms. The van der Waals surface area contributed by atoms with Gasteiger partial charge in [0.25, 0.3) is 0 Å². The van der Waals surface area contributed by atoms with E-state index in [9.17, 15) is 4.79 Å². The Morgan fingerprint density at radius 2 is 2.07 bits per heavy atom. The Morgan fingerprint density at radius 1 is 1.24 bits per heavy atom. The highest BCUT2D eigenvalue weighted by atomic mass is 32.2. The van der Waals surface area contributed by atoms with E-state index in [1.165, 1.54) is 11.8 Å². The normalized spacial score (nSPS) is 12.4. The third-order valence-electron chi connectivity index (χ3n) is 4.72. The molecule has 4 aromatic rings. The van der Waals surface area contributed by atoms with Crippen molar-refractivity contribution >= 4 is 50.3 Å². The van der Waals surface area contributed by atoms with Gasteiger partial charge in [0.15, 0.2) is 5.16 Å². The van der Waals surface area contributed by atoms with E-state index in [0.29, 0.717) is 12.4 Å². The number of rotatable bonds is 7. The van der Waals surface area contributed by atoms with Crippen LogP contribution in [0.2, 0.25) is 0 Å². The fourth-order valence-electron chi connectivity index (χ4n) is 2.97. The van der Waals surface area contributed by atoms with Gasteiger partial charge in [-0.2, -0.15) is 0 Å². The van der Waals surface area contributed by atoms with Crippen LogP contribution in [-0.2, 0) is 4.79 Å². The number of thioether (sulfide) groups is 1. The summed E-state index contributed by atoms with van der Waals surface area (Å²) in [4.78, 5) is 27.0. The maximum absolute atomic E-state index is 12.7. The number of fused-ring (bicyclic) bond motifs is 2. The molecule has 6 nitrogen and oxygen atoms in total. The van der Waals surface area contributed by atoms with E-state index in [1.54, 1.807) is 16.2 Å². The zero-order valence-corrected chi connectivity index (χ0v) is 18.1. The average molecular weight is 427 g/mol. The second kappa shape index (κ2) is 8.42. The lowest BCUT2D eigenvalue weighted by Gasteiger charge is -2.22. The number of para-hydroxylation sites is 1. The quantitative estimate of drug-likeness (QED) is 0.426. The number of hydrogen-bond acceptors (Lipinski definition) is 6. The van der Waals surface area contributed by atoms with Crippen molar-refractivity contribution in [3.8, 4) is 5.75 Å². The highest BCUT2D eigenvalue weighted by Crippen LogP contribution is 2.29. The Kier molecular flexibility index (Phi) is 5.73. The number of H-pyrrole nitrogens is 1. The molecule has 0 saturated heterocycles. The zero-order valence-electron chi connectivity index (χ0n) is 16.5. The lowest BCUT2D eigenvalue weighted by molar-refractivity contribution is -0.128. The number of amides is 1. The Bertz CT molecular complexity index is 1120. The molecule has 0 aliphatic heterocycles. The molecule has 29 heavy (non-hydrogen) atoms. The number of aromatic nitrogens is 3. The predicted molar refractivity (Wildman–Crippen MR) is 119 cm³/mol. The highest BCUT2D eigenvalue weighted by Gasteiger charge is 2.21. The molecule has 150 valence electrons. The molecule has 0 aliphatic carbocycles. The first-order valence-electron chi connectivity index (χ1n) is 9.41. The summed E-state index contributed by atoms with van der Waals surface area (Å²) in [6.07, 6.45) is 0. The molecular formula is C21H22N4O2S2. The van der Waals surface area contributed by atoms with Crippen LogP contribution in [0.25, 0.3) is 21.3 Å². The first kappa shape index (κ1) is 19.7. The maximum atomic E-state index is 12.7. The van der Waals surface area contributed by atoms with Crippen molar-refractivity contribution in [3.05, 3.63) is 47.5 Å². The Labute approximate surface area is 177 Å². The van der Waals surface area contributed by atoms with E-state index in [1.807, 2.05) is 57.3 Å². The molecule has 4 rings (SSSR count).